The van der Waals surface area contributed by atoms with Crippen molar-refractivity contribution in [3.8, 4) is 5.75 Å². The van der Waals surface area contributed by atoms with Gasteiger partial charge in [-0.1, -0.05) is 30.3 Å². The molecule has 0 spiro atoms. The molecule has 0 aliphatic carbocycles. The monoisotopic (exact) mass is 408 g/mol. The highest BCUT2D eigenvalue weighted by Gasteiger charge is 2.22. The minimum absolute atomic E-state index is 0.0148. The third kappa shape index (κ3) is 4.87. The lowest BCUT2D eigenvalue weighted by Gasteiger charge is -2.37. The molecule has 1 fully saturated rings. The molecule has 6 nitrogen and oxygen atoms in total. The molecule has 0 radical (unpaired) electrons. The van der Waals surface area contributed by atoms with E-state index in [4.69, 9.17) is 4.74 Å². The van der Waals surface area contributed by atoms with Gasteiger partial charge in [-0.05, 0) is 49.1 Å². The first-order valence-electron chi connectivity index (χ1n) is 10.9. The molecule has 0 unspecified atom stereocenters. The van der Waals surface area contributed by atoms with E-state index in [1.54, 1.807) is 0 Å². The van der Waals surface area contributed by atoms with Gasteiger partial charge < -0.3 is 20.3 Å². The largest absolute Gasteiger partial charge is 0.491 e. The fraction of sp³-hybridized carbons (Fsp3) is 0.458. The Morgan fingerprint density at radius 3 is 2.70 bits per heavy atom. The second-order valence-corrected chi connectivity index (χ2v) is 8.27. The van der Waals surface area contributed by atoms with Crippen LogP contribution >= 0.6 is 0 Å². The molecular formula is C24H32N4O2. The zero-order chi connectivity index (χ0) is 20.9. The Bertz CT molecular complexity index is 877. The molecule has 2 N–H and O–H groups in total. The van der Waals surface area contributed by atoms with Crippen LogP contribution in [0.2, 0.25) is 0 Å². The van der Waals surface area contributed by atoms with Crippen molar-refractivity contribution < 1.29 is 9.53 Å². The number of benzene rings is 2. The molecule has 4 rings (SSSR count). The number of para-hydroxylation sites is 1. The number of nitrogens with zero attached hydrogens (tertiary/aromatic N) is 2. The van der Waals surface area contributed by atoms with Gasteiger partial charge in [0.15, 0.2) is 0 Å². The van der Waals surface area contributed by atoms with Crippen molar-refractivity contribution in [1.82, 2.24) is 15.5 Å². The topological polar surface area (TPSA) is 56.8 Å². The summed E-state index contributed by atoms with van der Waals surface area (Å²) in [4.78, 5) is 17.2. The maximum atomic E-state index is 12.3. The van der Waals surface area contributed by atoms with Crippen LogP contribution in [-0.2, 0) is 6.42 Å². The molecule has 160 valence electrons. The molecule has 0 bridgehead atoms. The maximum absolute atomic E-state index is 12.3. The van der Waals surface area contributed by atoms with Crippen LogP contribution in [0.4, 0.5) is 10.5 Å². The Labute approximate surface area is 179 Å². The first-order valence-corrected chi connectivity index (χ1v) is 10.9. The standard InChI is InChI=1S/C24H32N4O2/c1-18-6-5-8-22(19(18)2)28-14-12-27(13-15-28)11-10-25-24(29)26-21-16-20-7-3-4-9-23(20)30-17-21/h3-9,21H,10-17H2,1-2H3,(H2,25,26,29)/t21-/m0/s1. The fourth-order valence-electron chi connectivity index (χ4n) is 4.28. The number of rotatable bonds is 5. The summed E-state index contributed by atoms with van der Waals surface area (Å²) in [5.74, 6) is 0.927. The molecule has 1 atom stereocenters. The summed E-state index contributed by atoms with van der Waals surface area (Å²) >= 11 is 0. The van der Waals surface area contributed by atoms with E-state index >= 15 is 0 Å². The van der Waals surface area contributed by atoms with E-state index in [1.165, 1.54) is 16.8 Å². The third-order valence-corrected chi connectivity index (χ3v) is 6.22. The van der Waals surface area contributed by atoms with E-state index < -0.39 is 0 Å². The van der Waals surface area contributed by atoms with Crippen molar-refractivity contribution in [1.29, 1.82) is 0 Å². The van der Waals surface area contributed by atoms with E-state index in [1.807, 2.05) is 18.2 Å². The summed E-state index contributed by atoms with van der Waals surface area (Å²) < 4.78 is 5.74. The molecule has 30 heavy (non-hydrogen) atoms. The van der Waals surface area contributed by atoms with E-state index in [-0.39, 0.29) is 12.1 Å². The van der Waals surface area contributed by atoms with Crippen molar-refractivity contribution in [2.24, 2.45) is 0 Å². The number of carbonyl (C=O) groups excluding carboxylic acids is 1. The van der Waals surface area contributed by atoms with Gasteiger partial charge in [0.05, 0.1) is 6.04 Å². The molecule has 0 aromatic heterocycles. The molecule has 2 aromatic carbocycles. The van der Waals surface area contributed by atoms with Crippen LogP contribution in [0.15, 0.2) is 42.5 Å². The summed E-state index contributed by atoms with van der Waals surface area (Å²) in [6.45, 7) is 10.5. The van der Waals surface area contributed by atoms with Crippen LogP contribution in [0.5, 0.6) is 5.75 Å². The first kappa shape index (κ1) is 20.5. The van der Waals surface area contributed by atoms with Crippen LogP contribution in [0.1, 0.15) is 16.7 Å². The number of anilines is 1. The van der Waals surface area contributed by atoms with Gasteiger partial charge >= 0.3 is 6.03 Å². The van der Waals surface area contributed by atoms with Crippen molar-refractivity contribution in [3.63, 3.8) is 0 Å². The van der Waals surface area contributed by atoms with Gasteiger partial charge in [-0.15, -0.1) is 0 Å². The number of urea groups is 1. The highest BCUT2D eigenvalue weighted by atomic mass is 16.5. The quantitative estimate of drug-likeness (QED) is 0.799. The minimum Gasteiger partial charge on any atom is -0.491 e. The zero-order valence-corrected chi connectivity index (χ0v) is 18.0. The SMILES string of the molecule is Cc1cccc(N2CCN(CCNC(=O)N[C@@H]3COc4ccccc4C3)CC2)c1C. The van der Waals surface area contributed by atoms with E-state index in [2.05, 4.69) is 58.5 Å². The number of amides is 2. The maximum Gasteiger partial charge on any atom is 0.315 e. The average molecular weight is 409 g/mol. The Hall–Kier alpha value is -2.73. The Morgan fingerprint density at radius 1 is 1.07 bits per heavy atom. The number of nitrogens with one attached hydrogen (secondary N) is 2. The van der Waals surface area contributed by atoms with Gasteiger partial charge in [-0.25, -0.2) is 4.79 Å². The second kappa shape index (κ2) is 9.39. The van der Waals surface area contributed by atoms with Gasteiger partial charge in [-0.2, -0.15) is 0 Å². The van der Waals surface area contributed by atoms with Crippen molar-refractivity contribution in [3.05, 3.63) is 59.2 Å². The smallest absolute Gasteiger partial charge is 0.315 e. The van der Waals surface area contributed by atoms with Gasteiger partial charge in [-0.3, -0.25) is 4.90 Å². The highest BCUT2D eigenvalue weighted by Crippen LogP contribution is 2.24. The first-order chi connectivity index (χ1) is 14.6. The molecule has 2 aliphatic rings. The van der Waals surface area contributed by atoms with Crippen molar-refractivity contribution in [2.45, 2.75) is 26.3 Å². The Balaban J connectivity index is 1.16. The van der Waals surface area contributed by atoms with Crippen LogP contribution in [0.3, 0.4) is 0 Å². The number of fused-ring (bicyclic) bond motifs is 1. The molecule has 2 heterocycles. The summed E-state index contributed by atoms with van der Waals surface area (Å²) in [7, 11) is 0. The minimum atomic E-state index is -0.114. The van der Waals surface area contributed by atoms with Crippen LogP contribution in [0, 0.1) is 13.8 Å². The Kier molecular flexibility index (Phi) is 6.43. The van der Waals surface area contributed by atoms with E-state index in [0.717, 1.165) is 50.5 Å². The number of hydrogen-bond donors (Lipinski definition) is 2. The van der Waals surface area contributed by atoms with Crippen LogP contribution < -0.4 is 20.3 Å². The number of hydrogen-bond acceptors (Lipinski definition) is 4. The number of piperazine rings is 1. The highest BCUT2D eigenvalue weighted by molar-refractivity contribution is 5.74. The normalized spacial score (nSPS) is 19.0. The van der Waals surface area contributed by atoms with Crippen LogP contribution in [0.25, 0.3) is 0 Å². The third-order valence-electron chi connectivity index (χ3n) is 6.22. The predicted octanol–water partition coefficient (Wildman–Crippen LogP) is 2.73. The zero-order valence-electron chi connectivity index (χ0n) is 18.0. The summed E-state index contributed by atoms with van der Waals surface area (Å²) in [6, 6.07) is 14.4. The number of ether oxygens (including phenoxy) is 1. The lowest BCUT2D eigenvalue weighted by molar-refractivity contribution is 0.211. The molecular weight excluding hydrogens is 376 g/mol. The fourth-order valence-corrected chi connectivity index (χ4v) is 4.28. The Morgan fingerprint density at radius 2 is 1.87 bits per heavy atom. The average Bonchev–Trinajstić information content (AvgIpc) is 2.76. The summed E-state index contributed by atoms with van der Waals surface area (Å²) in [6.07, 6.45) is 0.809. The molecule has 2 amide bonds. The molecule has 0 saturated carbocycles. The molecule has 1 saturated heterocycles. The van der Waals surface area contributed by atoms with Gasteiger partial charge in [0.25, 0.3) is 0 Å². The molecule has 2 aromatic rings. The number of aryl methyl sites for hydroxylation is 1. The van der Waals surface area contributed by atoms with Crippen LogP contribution in [-0.4, -0.2) is 62.8 Å². The summed E-state index contributed by atoms with van der Waals surface area (Å²) in [5.41, 5.74) is 5.22. The molecule has 6 heteroatoms. The lowest BCUT2D eigenvalue weighted by Crippen LogP contribution is -2.51. The molecule has 2 aliphatic heterocycles. The van der Waals surface area contributed by atoms with Crippen molar-refractivity contribution >= 4 is 11.7 Å². The summed E-state index contributed by atoms with van der Waals surface area (Å²) in [5, 5.41) is 6.04. The number of carbonyl (C=O) groups is 1. The van der Waals surface area contributed by atoms with Gasteiger partial charge in [0.2, 0.25) is 0 Å². The second-order valence-electron chi connectivity index (χ2n) is 8.27. The lowest BCUT2D eigenvalue weighted by atomic mass is 10.0. The van der Waals surface area contributed by atoms with Gasteiger partial charge in [0.1, 0.15) is 12.4 Å². The van der Waals surface area contributed by atoms with Crippen molar-refractivity contribution in [2.75, 3.05) is 50.8 Å². The van der Waals surface area contributed by atoms with E-state index in [9.17, 15) is 4.79 Å². The van der Waals surface area contributed by atoms with E-state index in [0.29, 0.717) is 13.2 Å². The predicted molar refractivity (Wildman–Crippen MR) is 121 cm³/mol. The van der Waals surface area contributed by atoms with Gasteiger partial charge in [0, 0.05) is 45.0 Å².